The van der Waals surface area contributed by atoms with Gasteiger partial charge in [0.25, 0.3) is 0 Å². The summed E-state index contributed by atoms with van der Waals surface area (Å²) in [7, 11) is 0. The Hall–Kier alpha value is -3.00. The number of benzene rings is 2. The number of halogens is 2. The molecule has 35 heavy (non-hydrogen) atoms. The Kier molecular flexibility index (Phi) is 8.48. The summed E-state index contributed by atoms with van der Waals surface area (Å²) in [4.78, 5) is 26.3. The number of carboxylic acids is 1. The number of anilines is 1. The van der Waals surface area contributed by atoms with Gasteiger partial charge in [0.1, 0.15) is 17.4 Å². The van der Waals surface area contributed by atoms with Crippen molar-refractivity contribution in [2.45, 2.75) is 71.6 Å². The zero-order chi connectivity index (χ0) is 25.8. The van der Waals surface area contributed by atoms with E-state index in [-0.39, 0.29) is 24.2 Å². The average molecular weight is 489 g/mol. The molecule has 1 aliphatic carbocycles. The van der Waals surface area contributed by atoms with Gasteiger partial charge in [-0.1, -0.05) is 31.9 Å². The molecule has 0 aliphatic heterocycles. The largest absolute Gasteiger partial charge is 0.478 e. The van der Waals surface area contributed by atoms with Crippen molar-refractivity contribution < 1.29 is 28.2 Å². The zero-order valence-corrected chi connectivity index (χ0v) is 20.7. The second-order valence-electron chi connectivity index (χ2n) is 10.0. The summed E-state index contributed by atoms with van der Waals surface area (Å²) in [6.45, 7) is 7.62. The quantitative estimate of drug-likeness (QED) is 0.485. The summed E-state index contributed by atoms with van der Waals surface area (Å²) < 4.78 is 32.9. The summed E-state index contributed by atoms with van der Waals surface area (Å²) in [6.07, 6.45) is 4.16. The Bertz CT molecular complexity index is 1070. The molecule has 2 aromatic carbocycles. The molecule has 1 amide bonds. The van der Waals surface area contributed by atoms with E-state index in [1.54, 1.807) is 6.07 Å². The van der Waals surface area contributed by atoms with Crippen LogP contribution in [0.4, 0.5) is 14.5 Å². The minimum absolute atomic E-state index is 0.0493. The van der Waals surface area contributed by atoms with Crippen LogP contribution in [-0.4, -0.2) is 40.1 Å². The van der Waals surface area contributed by atoms with E-state index in [1.165, 1.54) is 19.9 Å². The molecule has 1 saturated carbocycles. The Labute approximate surface area is 205 Å². The number of carbonyl (C=O) groups excluding carboxylic acids is 1. The summed E-state index contributed by atoms with van der Waals surface area (Å²) in [5, 5.41) is 11.9. The Morgan fingerprint density at radius 2 is 1.91 bits per heavy atom. The fourth-order valence-corrected chi connectivity index (χ4v) is 4.49. The predicted octanol–water partition coefficient (Wildman–Crippen LogP) is 5.53. The van der Waals surface area contributed by atoms with E-state index < -0.39 is 23.2 Å². The van der Waals surface area contributed by atoms with Gasteiger partial charge in [-0.3, -0.25) is 9.69 Å². The molecule has 0 aromatic heterocycles. The molecule has 190 valence electrons. The number of amides is 1. The smallest absolute Gasteiger partial charge is 0.347 e. The second kappa shape index (κ2) is 11.2. The molecule has 0 saturated heterocycles. The number of carbonyl (C=O) groups is 2. The van der Waals surface area contributed by atoms with Gasteiger partial charge in [0.2, 0.25) is 5.91 Å². The summed E-state index contributed by atoms with van der Waals surface area (Å²) in [6, 6.07) is 8.83. The molecule has 8 heteroatoms. The SMILES string of the molecule is Cc1cc(CN(CC(=O)Nc2ccc(F)cc2F)C2CCCC(C)C2)ccc1OC(C)(C)C(=O)O. The fraction of sp³-hybridized carbons (Fsp3) is 0.481. The number of nitrogens with zero attached hydrogens (tertiary/aromatic N) is 1. The van der Waals surface area contributed by atoms with Crippen LogP contribution in [0.25, 0.3) is 0 Å². The van der Waals surface area contributed by atoms with Gasteiger partial charge in [-0.2, -0.15) is 0 Å². The highest BCUT2D eigenvalue weighted by Crippen LogP contribution is 2.30. The van der Waals surface area contributed by atoms with Crippen molar-refractivity contribution in [3.8, 4) is 5.75 Å². The lowest BCUT2D eigenvalue weighted by Crippen LogP contribution is -2.42. The highest BCUT2D eigenvalue weighted by atomic mass is 19.1. The molecule has 1 aliphatic rings. The van der Waals surface area contributed by atoms with Gasteiger partial charge in [-0.25, -0.2) is 13.6 Å². The minimum Gasteiger partial charge on any atom is -0.478 e. The predicted molar refractivity (Wildman–Crippen MR) is 130 cm³/mol. The standard InChI is InChI=1S/C27H34F2N2O4/c1-17-6-5-7-21(12-17)31(16-25(32)30-23-10-9-20(28)14-22(23)29)15-19-8-11-24(18(2)13-19)35-27(3,4)26(33)34/h8-11,13-14,17,21H,5-7,12,15-16H2,1-4H3,(H,30,32)(H,33,34). The van der Waals surface area contributed by atoms with Crippen LogP contribution < -0.4 is 10.1 Å². The van der Waals surface area contributed by atoms with Gasteiger partial charge in [0.05, 0.1) is 12.2 Å². The molecule has 2 unspecified atom stereocenters. The molecule has 2 atom stereocenters. The lowest BCUT2D eigenvalue weighted by Gasteiger charge is -2.36. The highest BCUT2D eigenvalue weighted by molar-refractivity contribution is 5.92. The van der Waals surface area contributed by atoms with Gasteiger partial charge in [0.15, 0.2) is 5.60 Å². The second-order valence-corrected chi connectivity index (χ2v) is 10.0. The normalized spacial score (nSPS) is 18.4. The number of hydrogen-bond donors (Lipinski definition) is 2. The van der Waals surface area contributed by atoms with Crippen LogP contribution in [0.2, 0.25) is 0 Å². The zero-order valence-electron chi connectivity index (χ0n) is 20.7. The van der Waals surface area contributed by atoms with Crippen LogP contribution in [0.1, 0.15) is 57.6 Å². The van der Waals surface area contributed by atoms with Crippen LogP contribution >= 0.6 is 0 Å². The first-order chi connectivity index (χ1) is 16.4. The number of aliphatic carboxylic acids is 1. The molecule has 0 bridgehead atoms. The first kappa shape index (κ1) is 26.6. The highest BCUT2D eigenvalue weighted by Gasteiger charge is 2.30. The summed E-state index contributed by atoms with van der Waals surface area (Å²) in [5.41, 5.74) is 0.352. The van der Waals surface area contributed by atoms with Gasteiger partial charge < -0.3 is 15.2 Å². The molecule has 3 rings (SSSR count). The lowest BCUT2D eigenvalue weighted by atomic mass is 9.86. The minimum atomic E-state index is -1.36. The maximum atomic E-state index is 14.0. The van der Waals surface area contributed by atoms with Gasteiger partial charge in [0, 0.05) is 18.7 Å². The van der Waals surface area contributed by atoms with Crippen molar-refractivity contribution in [1.29, 1.82) is 0 Å². The number of carboxylic acid groups (broad SMARTS) is 1. The lowest BCUT2D eigenvalue weighted by molar-refractivity contribution is -0.152. The van der Waals surface area contributed by atoms with Gasteiger partial charge in [-0.15, -0.1) is 0 Å². The third-order valence-corrected chi connectivity index (χ3v) is 6.48. The van der Waals surface area contributed by atoms with E-state index in [4.69, 9.17) is 4.74 Å². The van der Waals surface area contributed by atoms with Crippen molar-refractivity contribution >= 4 is 17.6 Å². The Morgan fingerprint density at radius 1 is 1.17 bits per heavy atom. The van der Waals surface area contributed by atoms with Crippen molar-refractivity contribution in [2.75, 3.05) is 11.9 Å². The van der Waals surface area contributed by atoms with Crippen LogP contribution in [-0.2, 0) is 16.1 Å². The van der Waals surface area contributed by atoms with E-state index in [2.05, 4.69) is 17.1 Å². The first-order valence-corrected chi connectivity index (χ1v) is 12.0. The van der Waals surface area contributed by atoms with E-state index in [0.29, 0.717) is 18.2 Å². The van der Waals surface area contributed by atoms with Gasteiger partial charge in [-0.05, 0) is 68.9 Å². The summed E-state index contributed by atoms with van der Waals surface area (Å²) in [5.74, 6) is -1.90. The third kappa shape index (κ3) is 7.24. The van der Waals surface area contributed by atoms with Gasteiger partial charge >= 0.3 is 5.97 Å². The molecule has 0 heterocycles. The third-order valence-electron chi connectivity index (χ3n) is 6.48. The molecule has 0 radical (unpaired) electrons. The molecule has 2 N–H and O–H groups in total. The monoisotopic (exact) mass is 488 g/mol. The molecule has 2 aromatic rings. The van der Waals surface area contributed by atoms with E-state index in [1.807, 2.05) is 19.1 Å². The van der Waals surface area contributed by atoms with Crippen molar-refractivity contribution in [3.05, 3.63) is 59.2 Å². The Balaban J connectivity index is 1.76. The van der Waals surface area contributed by atoms with Crippen molar-refractivity contribution in [2.24, 2.45) is 5.92 Å². The molecule has 6 nitrogen and oxygen atoms in total. The van der Waals surface area contributed by atoms with E-state index in [0.717, 1.165) is 48.9 Å². The maximum Gasteiger partial charge on any atom is 0.347 e. The van der Waals surface area contributed by atoms with Crippen LogP contribution in [0.3, 0.4) is 0 Å². The van der Waals surface area contributed by atoms with Crippen LogP contribution in [0, 0.1) is 24.5 Å². The van der Waals surface area contributed by atoms with Crippen LogP contribution in [0.15, 0.2) is 36.4 Å². The van der Waals surface area contributed by atoms with E-state index in [9.17, 15) is 23.5 Å². The molecule has 1 fully saturated rings. The molecular formula is C27H34F2N2O4. The Morgan fingerprint density at radius 3 is 2.54 bits per heavy atom. The number of ether oxygens (including phenoxy) is 1. The topological polar surface area (TPSA) is 78.9 Å². The number of nitrogens with one attached hydrogen (secondary N) is 1. The fourth-order valence-electron chi connectivity index (χ4n) is 4.49. The van der Waals surface area contributed by atoms with Crippen molar-refractivity contribution in [1.82, 2.24) is 4.90 Å². The first-order valence-electron chi connectivity index (χ1n) is 12.0. The average Bonchev–Trinajstić information content (AvgIpc) is 2.77. The van der Waals surface area contributed by atoms with Crippen molar-refractivity contribution in [3.63, 3.8) is 0 Å². The molecule has 0 spiro atoms. The van der Waals surface area contributed by atoms with E-state index >= 15 is 0 Å². The summed E-state index contributed by atoms with van der Waals surface area (Å²) >= 11 is 0. The number of rotatable bonds is 9. The maximum absolute atomic E-state index is 14.0. The number of hydrogen-bond acceptors (Lipinski definition) is 4. The number of aryl methyl sites for hydroxylation is 1. The molecular weight excluding hydrogens is 454 g/mol. The van der Waals surface area contributed by atoms with Crippen LogP contribution in [0.5, 0.6) is 5.75 Å².